The van der Waals surface area contributed by atoms with Gasteiger partial charge >= 0.3 is 0 Å². The van der Waals surface area contributed by atoms with E-state index in [2.05, 4.69) is 78.0 Å². The number of nitriles is 1. The topological polar surface area (TPSA) is 85.4 Å². The van der Waals surface area contributed by atoms with Crippen LogP contribution in [0, 0.1) is 39.7 Å². The molecule has 8 heteroatoms. The number of nitro groups is 1. The van der Waals surface area contributed by atoms with Crippen molar-refractivity contribution in [3.8, 4) is 17.6 Å². The quantitative estimate of drug-likeness (QED) is 0.124. The third-order valence-electron chi connectivity index (χ3n) is 7.52. The summed E-state index contributed by atoms with van der Waals surface area (Å²) in [4.78, 5) is 8.31. The minimum absolute atomic E-state index is 0.350. The SMILES string of the molecule is C/C=C\c1cc(OC2CCC2(CCC)CCC(C)C)ccc1C.CCCc1cc(Cl)c(OCCCl)c(C#N)c1.C[N+](=O)[O-]. The molecule has 0 amide bonds. The van der Waals surface area contributed by atoms with Crippen LogP contribution in [0.25, 0.3) is 6.08 Å². The predicted molar refractivity (Wildman–Crippen MR) is 180 cm³/mol. The summed E-state index contributed by atoms with van der Waals surface area (Å²) in [5.74, 6) is 2.63. The van der Waals surface area contributed by atoms with E-state index in [1.165, 1.54) is 49.7 Å². The van der Waals surface area contributed by atoms with Crippen LogP contribution >= 0.6 is 23.2 Å². The fourth-order valence-electron chi connectivity index (χ4n) is 5.29. The molecule has 2 atom stereocenters. The largest absolute Gasteiger partial charge is 0.490 e. The Morgan fingerprint density at radius 2 is 1.91 bits per heavy atom. The second-order valence-electron chi connectivity index (χ2n) is 11.5. The van der Waals surface area contributed by atoms with Crippen LogP contribution < -0.4 is 9.47 Å². The highest BCUT2D eigenvalue weighted by Gasteiger charge is 2.47. The molecule has 0 spiro atoms. The van der Waals surface area contributed by atoms with E-state index in [4.69, 9.17) is 48.1 Å². The minimum Gasteiger partial charge on any atom is -0.490 e. The molecular formula is C35H50Cl2N2O4. The summed E-state index contributed by atoms with van der Waals surface area (Å²) in [6, 6.07) is 12.3. The van der Waals surface area contributed by atoms with Crippen molar-refractivity contribution >= 4 is 29.3 Å². The third kappa shape index (κ3) is 13.2. The number of nitrogens with zero attached hydrogens (tertiary/aromatic N) is 2. The molecule has 6 nitrogen and oxygen atoms in total. The number of halogens is 2. The van der Waals surface area contributed by atoms with E-state index in [9.17, 15) is 0 Å². The molecule has 0 bridgehead atoms. The number of benzene rings is 2. The highest BCUT2D eigenvalue weighted by atomic mass is 35.5. The van der Waals surface area contributed by atoms with E-state index in [0.29, 0.717) is 40.3 Å². The van der Waals surface area contributed by atoms with Crippen molar-refractivity contribution in [1.82, 2.24) is 0 Å². The number of hydrogen-bond acceptors (Lipinski definition) is 5. The lowest BCUT2D eigenvalue weighted by molar-refractivity contribution is -0.445. The van der Waals surface area contributed by atoms with Gasteiger partial charge < -0.3 is 9.47 Å². The first kappa shape index (κ1) is 38.3. The zero-order valence-corrected chi connectivity index (χ0v) is 28.6. The van der Waals surface area contributed by atoms with Crippen LogP contribution in [-0.2, 0) is 6.42 Å². The first-order valence-corrected chi connectivity index (χ1v) is 16.3. The average molecular weight is 634 g/mol. The maximum absolute atomic E-state index is 9.01. The highest BCUT2D eigenvalue weighted by Crippen LogP contribution is 2.51. The molecule has 0 aliphatic heterocycles. The molecule has 0 N–H and O–H groups in total. The predicted octanol–water partition coefficient (Wildman–Crippen LogP) is 10.5. The van der Waals surface area contributed by atoms with Gasteiger partial charge in [0.15, 0.2) is 12.8 Å². The van der Waals surface area contributed by atoms with Crippen LogP contribution in [0.2, 0.25) is 5.02 Å². The normalized spacial score (nSPS) is 17.2. The molecule has 1 saturated carbocycles. The molecule has 2 aromatic carbocycles. The zero-order valence-electron chi connectivity index (χ0n) is 27.1. The molecule has 238 valence electrons. The molecule has 1 fully saturated rings. The molecule has 0 aromatic heterocycles. The molecule has 1 aliphatic carbocycles. The summed E-state index contributed by atoms with van der Waals surface area (Å²) in [5, 5.41) is 18.3. The van der Waals surface area contributed by atoms with Gasteiger partial charge in [0.25, 0.3) is 0 Å². The maximum Gasteiger partial charge on any atom is 0.194 e. The molecule has 3 rings (SSSR count). The Balaban J connectivity index is 0.000000402. The molecule has 43 heavy (non-hydrogen) atoms. The molecule has 2 aromatic rings. The molecule has 2 unspecified atom stereocenters. The summed E-state index contributed by atoms with van der Waals surface area (Å²) in [6.07, 6.45) is 14.3. The number of ether oxygens (including phenoxy) is 2. The van der Waals surface area contributed by atoms with Crippen LogP contribution in [0.3, 0.4) is 0 Å². The van der Waals surface area contributed by atoms with E-state index in [1.807, 2.05) is 12.1 Å². The second-order valence-corrected chi connectivity index (χ2v) is 12.3. The highest BCUT2D eigenvalue weighted by molar-refractivity contribution is 6.32. The van der Waals surface area contributed by atoms with Gasteiger partial charge in [-0.15, -0.1) is 11.6 Å². The van der Waals surface area contributed by atoms with E-state index in [0.717, 1.165) is 37.1 Å². The summed E-state index contributed by atoms with van der Waals surface area (Å²) < 4.78 is 11.8. The lowest BCUT2D eigenvalue weighted by Gasteiger charge is -2.50. The number of aryl methyl sites for hydroxylation is 2. The Morgan fingerprint density at radius 3 is 2.42 bits per heavy atom. The van der Waals surface area contributed by atoms with Gasteiger partial charge in [-0.3, -0.25) is 10.1 Å². The van der Waals surface area contributed by atoms with Gasteiger partial charge in [-0.1, -0.05) is 76.8 Å². The second kappa shape index (κ2) is 20.3. The van der Waals surface area contributed by atoms with Gasteiger partial charge in [0.2, 0.25) is 0 Å². The number of rotatable bonds is 13. The molecular weight excluding hydrogens is 583 g/mol. The van der Waals surface area contributed by atoms with Gasteiger partial charge in [-0.05, 0) is 92.8 Å². The number of allylic oxidation sites excluding steroid dienone is 1. The number of alkyl halides is 1. The van der Waals surface area contributed by atoms with Crippen LogP contribution in [0.5, 0.6) is 11.5 Å². The van der Waals surface area contributed by atoms with Crippen LogP contribution in [-0.4, -0.2) is 30.6 Å². The van der Waals surface area contributed by atoms with Crippen molar-refractivity contribution < 1.29 is 14.4 Å². The summed E-state index contributed by atoms with van der Waals surface area (Å²) in [6.45, 7) is 13.6. The molecule has 0 heterocycles. The Bertz CT molecular complexity index is 1210. The fraction of sp³-hybridized carbons (Fsp3) is 0.571. The Hall–Kier alpha value is -2.75. The van der Waals surface area contributed by atoms with Gasteiger partial charge in [0.1, 0.15) is 24.5 Å². The standard InChI is InChI=1S/C22H34O.C12H13Cl2NO.CH3NO2/c1-6-8-19-16-20(10-9-18(19)5)23-21-12-15-22(21,13-7-2)14-11-17(3)4;1-2-3-9-6-10(8-15)12(11(14)7-9)16-5-4-13;1-2(3)4/h6,8-10,16-17,21H,7,11-15H2,1-5H3;6-7H,2-5H2,1H3;1H3/b8-6-;;. The van der Waals surface area contributed by atoms with E-state index in [-0.39, 0.29) is 0 Å². The van der Waals surface area contributed by atoms with Crippen LogP contribution in [0.1, 0.15) is 102 Å². The van der Waals surface area contributed by atoms with E-state index in [1.54, 1.807) is 0 Å². The number of hydrogen-bond donors (Lipinski definition) is 0. The van der Waals surface area contributed by atoms with Crippen molar-refractivity contribution in [3.05, 3.63) is 73.8 Å². The summed E-state index contributed by atoms with van der Waals surface area (Å²) >= 11 is 11.6. The van der Waals surface area contributed by atoms with Gasteiger partial charge in [-0.2, -0.15) is 5.26 Å². The summed E-state index contributed by atoms with van der Waals surface area (Å²) in [7, 11) is 0.889. The van der Waals surface area contributed by atoms with Gasteiger partial charge in [-0.25, -0.2) is 0 Å². The van der Waals surface area contributed by atoms with Crippen molar-refractivity contribution in [2.45, 2.75) is 99.0 Å². The van der Waals surface area contributed by atoms with Crippen LogP contribution in [0.4, 0.5) is 0 Å². The Labute approximate surface area is 269 Å². The van der Waals surface area contributed by atoms with Gasteiger partial charge in [0.05, 0.1) is 16.5 Å². The average Bonchev–Trinajstić information content (AvgIpc) is 2.94. The monoisotopic (exact) mass is 632 g/mol. The van der Waals surface area contributed by atoms with E-state index >= 15 is 0 Å². The van der Waals surface area contributed by atoms with Gasteiger partial charge in [0, 0.05) is 10.3 Å². The van der Waals surface area contributed by atoms with Crippen molar-refractivity contribution in [2.75, 3.05) is 19.5 Å². The molecule has 0 radical (unpaired) electrons. The van der Waals surface area contributed by atoms with Crippen molar-refractivity contribution in [2.24, 2.45) is 11.3 Å². The lowest BCUT2D eigenvalue weighted by Crippen LogP contribution is -2.48. The maximum atomic E-state index is 9.01. The first-order valence-electron chi connectivity index (χ1n) is 15.4. The Morgan fingerprint density at radius 1 is 1.21 bits per heavy atom. The first-order chi connectivity index (χ1) is 20.5. The fourth-order valence-corrected chi connectivity index (χ4v) is 5.67. The van der Waals surface area contributed by atoms with Crippen LogP contribution in [0.15, 0.2) is 36.4 Å². The third-order valence-corrected chi connectivity index (χ3v) is 7.95. The molecule has 0 saturated heterocycles. The van der Waals surface area contributed by atoms with Crippen molar-refractivity contribution in [3.63, 3.8) is 0 Å². The lowest BCUT2D eigenvalue weighted by atomic mass is 9.60. The smallest absolute Gasteiger partial charge is 0.194 e. The summed E-state index contributed by atoms with van der Waals surface area (Å²) in [5.41, 5.74) is 4.53. The van der Waals surface area contributed by atoms with Crippen molar-refractivity contribution in [1.29, 1.82) is 5.26 Å². The van der Waals surface area contributed by atoms with E-state index < -0.39 is 4.92 Å². The molecule has 1 aliphatic rings. The minimum atomic E-state index is -0.500. The Kier molecular flexibility index (Phi) is 18.0. The zero-order chi connectivity index (χ0) is 32.4.